The van der Waals surface area contributed by atoms with Gasteiger partial charge >= 0.3 is 6.09 Å². The summed E-state index contributed by atoms with van der Waals surface area (Å²) in [7, 11) is 1.37. The number of anilines is 2. The molecular weight excluding hydrogens is 266 g/mol. The van der Waals surface area contributed by atoms with Crippen LogP contribution < -0.4 is 16.0 Å². The average Bonchev–Trinajstić information content (AvgIpc) is 2.82. The molecule has 1 atom stereocenters. The lowest BCUT2D eigenvalue weighted by Crippen LogP contribution is -2.37. The SMILES string of the molecule is COC(=O)NC1CCN(c2cc(Cl)c(N)cc2C)C1. The lowest BCUT2D eigenvalue weighted by molar-refractivity contribution is 0.167. The fourth-order valence-corrected chi connectivity index (χ4v) is 2.51. The average molecular weight is 284 g/mol. The predicted molar refractivity (Wildman–Crippen MR) is 76.8 cm³/mol. The van der Waals surface area contributed by atoms with E-state index in [9.17, 15) is 4.79 Å². The minimum Gasteiger partial charge on any atom is -0.453 e. The van der Waals surface area contributed by atoms with Crippen molar-refractivity contribution in [1.82, 2.24) is 5.32 Å². The Morgan fingerprint density at radius 3 is 3.00 bits per heavy atom. The highest BCUT2D eigenvalue weighted by Crippen LogP contribution is 2.31. The van der Waals surface area contributed by atoms with Gasteiger partial charge in [0.1, 0.15) is 0 Å². The molecule has 1 aliphatic rings. The highest BCUT2D eigenvalue weighted by Gasteiger charge is 2.25. The second-order valence-electron chi connectivity index (χ2n) is 4.73. The molecule has 0 aliphatic carbocycles. The van der Waals surface area contributed by atoms with E-state index in [0.717, 1.165) is 30.8 Å². The Bertz CT molecular complexity index is 493. The molecule has 6 heteroatoms. The van der Waals surface area contributed by atoms with E-state index in [-0.39, 0.29) is 12.1 Å². The van der Waals surface area contributed by atoms with Crippen molar-refractivity contribution in [3.63, 3.8) is 0 Å². The maximum atomic E-state index is 11.2. The van der Waals surface area contributed by atoms with Gasteiger partial charge in [0.25, 0.3) is 0 Å². The molecule has 1 aromatic carbocycles. The van der Waals surface area contributed by atoms with Gasteiger partial charge in [-0.1, -0.05) is 11.6 Å². The number of hydrogen-bond donors (Lipinski definition) is 2. The van der Waals surface area contributed by atoms with E-state index in [4.69, 9.17) is 17.3 Å². The molecule has 1 aliphatic heterocycles. The molecule has 3 N–H and O–H groups in total. The first-order chi connectivity index (χ1) is 9.01. The first kappa shape index (κ1) is 13.8. The third-order valence-corrected chi connectivity index (χ3v) is 3.68. The molecule has 104 valence electrons. The van der Waals surface area contributed by atoms with Gasteiger partial charge in [-0.25, -0.2) is 4.79 Å². The summed E-state index contributed by atoms with van der Waals surface area (Å²) >= 11 is 6.07. The van der Waals surface area contributed by atoms with Crippen LogP contribution >= 0.6 is 11.6 Å². The van der Waals surface area contributed by atoms with Gasteiger partial charge in [-0.2, -0.15) is 0 Å². The molecule has 19 heavy (non-hydrogen) atoms. The van der Waals surface area contributed by atoms with Crippen molar-refractivity contribution in [2.45, 2.75) is 19.4 Å². The van der Waals surface area contributed by atoms with Gasteiger partial charge in [0, 0.05) is 18.8 Å². The van der Waals surface area contributed by atoms with Crippen LogP contribution in [0.3, 0.4) is 0 Å². The Balaban J connectivity index is 2.08. The fraction of sp³-hybridized carbons (Fsp3) is 0.462. The highest BCUT2D eigenvalue weighted by molar-refractivity contribution is 6.33. The Kier molecular flexibility index (Phi) is 4.04. The number of benzene rings is 1. The van der Waals surface area contributed by atoms with E-state index in [1.54, 1.807) is 0 Å². The number of hydrogen-bond acceptors (Lipinski definition) is 4. The highest BCUT2D eigenvalue weighted by atomic mass is 35.5. The first-order valence-corrected chi connectivity index (χ1v) is 6.54. The zero-order valence-electron chi connectivity index (χ0n) is 11.1. The van der Waals surface area contributed by atoms with Gasteiger partial charge in [0.2, 0.25) is 0 Å². The van der Waals surface area contributed by atoms with E-state index in [1.807, 2.05) is 19.1 Å². The molecule has 1 amide bonds. The number of methoxy groups -OCH3 is 1. The van der Waals surface area contributed by atoms with Crippen LogP contribution in [0, 0.1) is 6.92 Å². The summed E-state index contributed by atoms with van der Waals surface area (Å²) in [4.78, 5) is 13.4. The number of nitrogens with zero attached hydrogens (tertiary/aromatic N) is 1. The standard InChI is InChI=1S/C13H18ClN3O2/c1-8-5-11(15)10(14)6-12(8)17-4-3-9(7-17)16-13(18)19-2/h5-6,9H,3-4,7,15H2,1-2H3,(H,16,18). The Hall–Kier alpha value is -1.62. The van der Waals surface area contributed by atoms with E-state index >= 15 is 0 Å². The number of nitrogens with one attached hydrogen (secondary N) is 1. The summed E-state index contributed by atoms with van der Waals surface area (Å²) in [5.74, 6) is 0. The summed E-state index contributed by atoms with van der Waals surface area (Å²) in [6.45, 7) is 3.62. The minimum absolute atomic E-state index is 0.100. The molecule has 0 spiro atoms. The van der Waals surface area contributed by atoms with E-state index < -0.39 is 0 Å². The van der Waals surface area contributed by atoms with Crippen LogP contribution in [0.2, 0.25) is 5.02 Å². The van der Waals surface area contributed by atoms with Crippen LogP contribution in [0.4, 0.5) is 16.2 Å². The molecule has 5 nitrogen and oxygen atoms in total. The number of aryl methyl sites for hydroxylation is 1. The fourth-order valence-electron chi connectivity index (χ4n) is 2.36. The van der Waals surface area contributed by atoms with Crippen molar-refractivity contribution in [3.8, 4) is 0 Å². The van der Waals surface area contributed by atoms with Crippen LogP contribution in [-0.4, -0.2) is 32.3 Å². The second-order valence-corrected chi connectivity index (χ2v) is 5.13. The number of rotatable bonds is 2. The number of carbonyl (C=O) groups is 1. The Morgan fingerprint density at radius 1 is 1.58 bits per heavy atom. The molecule has 1 saturated heterocycles. The number of amides is 1. The van der Waals surface area contributed by atoms with Crippen molar-refractivity contribution >= 4 is 29.1 Å². The van der Waals surface area contributed by atoms with Gasteiger partial charge in [-0.15, -0.1) is 0 Å². The van der Waals surface area contributed by atoms with Crippen molar-refractivity contribution < 1.29 is 9.53 Å². The van der Waals surface area contributed by atoms with Gasteiger partial charge in [0.05, 0.1) is 23.9 Å². The zero-order chi connectivity index (χ0) is 14.0. The van der Waals surface area contributed by atoms with Gasteiger partial charge < -0.3 is 20.7 Å². The zero-order valence-corrected chi connectivity index (χ0v) is 11.8. The maximum absolute atomic E-state index is 11.2. The van der Waals surface area contributed by atoms with Gasteiger partial charge in [-0.3, -0.25) is 0 Å². The number of nitrogen functional groups attached to an aromatic ring is 1. The van der Waals surface area contributed by atoms with Crippen LogP contribution in [-0.2, 0) is 4.74 Å². The van der Waals surface area contributed by atoms with Crippen LogP contribution in [0.1, 0.15) is 12.0 Å². The summed E-state index contributed by atoms with van der Waals surface area (Å²) in [6.07, 6.45) is 0.496. The summed E-state index contributed by atoms with van der Waals surface area (Å²) in [5, 5.41) is 3.37. The van der Waals surface area contributed by atoms with Gasteiger partial charge in [-0.05, 0) is 31.0 Å². The maximum Gasteiger partial charge on any atom is 0.407 e. The minimum atomic E-state index is -0.390. The number of carbonyl (C=O) groups excluding carboxylic acids is 1. The molecule has 1 fully saturated rings. The normalized spacial score (nSPS) is 18.5. The molecule has 0 bridgehead atoms. The third kappa shape index (κ3) is 3.04. The smallest absolute Gasteiger partial charge is 0.407 e. The Morgan fingerprint density at radius 2 is 2.32 bits per heavy atom. The van der Waals surface area contributed by atoms with Crippen LogP contribution in [0.25, 0.3) is 0 Å². The van der Waals surface area contributed by atoms with E-state index in [1.165, 1.54) is 7.11 Å². The molecule has 0 radical (unpaired) electrons. The second kappa shape index (κ2) is 5.57. The molecule has 1 heterocycles. The third-order valence-electron chi connectivity index (χ3n) is 3.35. The van der Waals surface area contributed by atoms with Crippen molar-refractivity contribution in [2.75, 3.05) is 30.8 Å². The topological polar surface area (TPSA) is 67.6 Å². The molecule has 0 saturated carbocycles. The van der Waals surface area contributed by atoms with Crippen molar-refractivity contribution in [2.24, 2.45) is 0 Å². The lowest BCUT2D eigenvalue weighted by Gasteiger charge is -2.22. The number of ether oxygens (including phenoxy) is 1. The lowest BCUT2D eigenvalue weighted by atomic mass is 10.1. The largest absolute Gasteiger partial charge is 0.453 e. The van der Waals surface area contributed by atoms with E-state index in [0.29, 0.717) is 10.7 Å². The summed E-state index contributed by atoms with van der Waals surface area (Å²) in [6, 6.07) is 3.86. The first-order valence-electron chi connectivity index (χ1n) is 6.16. The predicted octanol–water partition coefficient (Wildman–Crippen LogP) is 2.17. The number of alkyl carbamates (subject to hydrolysis) is 1. The van der Waals surface area contributed by atoms with Crippen LogP contribution in [0.15, 0.2) is 12.1 Å². The van der Waals surface area contributed by atoms with Gasteiger partial charge in [0.15, 0.2) is 0 Å². The number of nitrogens with two attached hydrogens (primary N) is 1. The van der Waals surface area contributed by atoms with Crippen LogP contribution in [0.5, 0.6) is 0 Å². The van der Waals surface area contributed by atoms with Crippen molar-refractivity contribution in [3.05, 3.63) is 22.7 Å². The molecule has 0 aromatic heterocycles. The monoisotopic (exact) mass is 283 g/mol. The number of halogens is 1. The quantitative estimate of drug-likeness (QED) is 0.816. The Labute approximate surface area is 117 Å². The summed E-state index contributed by atoms with van der Waals surface area (Å²) in [5.41, 5.74) is 8.51. The molecule has 1 aromatic rings. The van der Waals surface area contributed by atoms with E-state index in [2.05, 4.69) is 15.0 Å². The summed E-state index contributed by atoms with van der Waals surface area (Å²) < 4.78 is 4.61. The molecule has 1 unspecified atom stereocenters. The molecular formula is C13H18ClN3O2. The molecule has 2 rings (SSSR count). The van der Waals surface area contributed by atoms with Crippen molar-refractivity contribution in [1.29, 1.82) is 0 Å².